The third-order valence-corrected chi connectivity index (χ3v) is 4.53. The summed E-state index contributed by atoms with van der Waals surface area (Å²) in [5.74, 6) is 0.868. The van der Waals surface area contributed by atoms with E-state index in [4.69, 9.17) is 5.41 Å². The first kappa shape index (κ1) is 10.5. The van der Waals surface area contributed by atoms with E-state index in [1.807, 2.05) is 0 Å². The fourth-order valence-electron chi connectivity index (χ4n) is 0.798. The lowest BCUT2D eigenvalue weighted by Crippen LogP contribution is -2.14. The molecule has 1 saturated carbocycles. The minimum atomic E-state index is 0.603. The summed E-state index contributed by atoms with van der Waals surface area (Å²) in [7, 11) is 0. The summed E-state index contributed by atoms with van der Waals surface area (Å²) in [6, 6.07) is 0. The molecule has 1 aliphatic rings. The van der Waals surface area contributed by atoms with Crippen molar-refractivity contribution in [3.8, 4) is 0 Å². The highest BCUT2D eigenvalue weighted by atomic mass is 127. The van der Waals surface area contributed by atoms with Gasteiger partial charge in [0.1, 0.15) is 0 Å². The first-order valence-electron chi connectivity index (χ1n) is 3.96. The molecule has 0 aromatic heterocycles. The van der Waals surface area contributed by atoms with Crippen molar-refractivity contribution in [2.24, 2.45) is 5.92 Å². The van der Waals surface area contributed by atoms with Gasteiger partial charge in [-0.3, -0.25) is 0 Å². The lowest BCUT2D eigenvalue weighted by molar-refractivity contribution is 0.742. The van der Waals surface area contributed by atoms with E-state index in [9.17, 15) is 0 Å². The van der Waals surface area contributed by atoms with Crippen molar-refractivity contribution >= 4 is 44.2 Å². The molecule has 0 aromatic carbocycles. The van der Waals surface area contributed by atoms with Crippen molar-refractivity contribution in [3.05, 3.63) is 8.19 Å². The summed E-state index contributed by atoms with van der Waals surface area (Å²) in [5.41, 5.74) is 0.603. The molecule has 1 aliphatic carbocycles. The Labute approximate surface area is 95.0 Å². The van der Waals surface area contributed by atoms with Gasteiger partial charge in [0.15, 0.2) is 0 Å². The molecule has 68 valence electrons. The van der Waals surface area contributed by atoms with E-state index in [1.54, 1.807) is 6.92 Å². The van der Waals surface area contributed by atoms with Crippen LogP contribution < -0.4 is 5.32 Å². The zero-order chi connectivity index (χ0) is 9.14. The molecule has 1 fully saturated rings. The number of allylic oxidation sites excluding steroid dienone is 1. The van der Waals surface area contributed by atoms with E-state index in [0.29, 0.717) is 5.71 Å². The monoisotopic (exact) mass is 342 g/mol. The molecule has 1 rings (SSSR count). The first-order chi connectivity index (χ1) is 5.61. The van der Waals surface area contributed by atoms with E-state index < -0.39 is 0 Å². The van der Waals surface area contributed by atoms with Crippen molar-refractivity contribution in [1.29, 1.82) is 5.41 Å². The second-order valence-electron chi connectivity index (χ2n) is 3.08. The maximum Gasteiger partial charge on any atom is 0.0933 e. The van der Waals surface area contributed by atoms with Gasteiger partial charge < -0.3 is 10.7 Å². The highest BCUT2D eigenvalue weighted by Crippen LogP contribution is 2.28. The SMILES string of the molecule is CC(=N)/C(I)=C(/Br)NCC1CC1. The predicted molar refractivity (Wildman–Crippen MR) is 64.1 cm³/mol. The van der Waals surface area contributed by atoms with Gasteiger partial charge in [-0.25, -0.2) is 0 Å². The molecule has 4 heteroatoms. The molecule has 0 unspecified atom stereocenters. The molecule has 0 aliphatic heterocycles. The summed E-state index contributed by atoms with van der Waals surface area (Å²) < 4.78 is 1.93. The quantitative estimate of drug-likeness (QED) is 0.460. The standard InChI is InChI=1S/C8H12BrIN2/c1-5(11)7(10)8(9)12-4-6-2-3-6/h6,11-12H,2-4H2,1H3/b8-7+,11-5?. The average Bonchev–Trinajstić information content (AvgIpc) is 2.81. The van der Waals surface area contributed by atoms with Crippen LogP contribution in [-0.2, 0) is 0 Å². The molecule has 2 N–H and O–H groups in total. The molecular weight excluding hydrogens is 331 g/mol. The average molecular weight is 343 g/mol. The van der Waals surface area contributed by atoms with Crippen LogP contribution in [-0.4, -0.2) is 12.3 Å². The summed E-state index contributed by atoms with van der Waals surface area (Å²) in [6.07, 6.45) is 2.71. The van der Waals surface area contributed by atoms with Gasteiger partial charge in [0.05, 0.1) is 8.19 Å². The lowest BCUT2D eigenvalue weighted by atomic mass is 10.4. The zero-order valence-corrected chi connectivity index (χ0v) is 10.7. The topological polar surface area (TPSA) is 35.9 Å². The van der Waals surface area contributed by atoms with Crippen molar-refractivity contribution < 1.29 is 0 Å². The molecule has 0 spiro atoms. The molecule has 0 heterocycles. The Morgan fingerprint density at radius 1 is 1.67 bits per heavy atom. The van der Waals surface area contributed by atoms with Crippen LogP contribution in [0.5, 0.6) is 0 Å². The minimum Gasteiger partial charge on any atom is -0.378 e. The molecule has 0 radical (unpaired) electrons. The highest BCUT2D eigenvalue weighted by Gasteiger charge is 2.20. The smallest absolute Gasteiger partial charge is 0.0933 e. The minimum absolute atomic E-state index is 0.603. The largest absolute Gasteiger partial charge is 0.378 e. The Hall–Kier alpha value is 0.420. The van der Waals surface area contributed by atoms with Crippen LogP contribution in [0.2, 0.25) is 0 Å². The summed E-state index contributed by atoms with van der Waals surface area (Å²) >= 11 is 5.59. The Kier molecular flexibility index (Phi) is 4.02. The van der Waals surface area contributed by atoms with Crippen LogP contribution in [0.1, 0.15) is 19.8 Å². The summed E-state index contributed by atoms with van der Waals surface area (Å²) in [6.45, 7) is 2.84. The lowest BCUT2D eigenvalue weighted by Gasteiger charge is -2.05. The molecule has 0 aromatic rings. The van der Waals surface area contributed by atoms with Gasteiger partial charge in [0, 0.05) is 12.3 Å². The van der Waals surface area contributed by atoms with E-state index in [-0.39, 0.29) is 0 Å². The normalized spacial score (nSPS) is 18.6. The second kappa shape index (κ2) is 4.60. The van der Waals surface area contributed by atoms with Crippen LogP contribution >= 0.6 is 38.5 Å². The number of rotatable bonds is 4. The molecule has 2 nitrogen and oxygen atoms in total. The second-order valence-corrected chi connectivity index (χ2v) is 4.95. The Morgan fingerprint density at radius 2 is 2.25 bits per heavy atom. The fourth-order valence-corrected chi connectivity index (χ4v) is 1.45. The van der Waals surface area contributed by atoms with Crippen molar-refractivity contribution in [2.75, 3.05) is 6.54 Å². The van der Waals surface area contributed by atoms with E-state index >= 15 is 0 Å². The zero-order valence-electron chi connectivity index (χ0n) is 6.95. The molecule has 0 saturated heterocycles. The van der Waals surface area contributed by atoms with Crippen molar-refractivity contribution in [1.82, 2.24) is 5.32 Å². The Balaban J connectivity index is 2.37. The Bertz CT molecular complexity index is 221. The van der Waals surface area contributed by atoms with E-state index in [2.05, 4.69) is 43.8 Å². The van der Waals surface area contributed by atoms with E-state index in [1.165, 1.54) is 12.8 Å². The van der Waals surface area contributed by atoms with Gasteiger partial charge >= 0.3 is 0 Å². The Morgan fingerprint density at radius 3 is 2.67 bits per heavy atom. The number of hydrogen-bond acceptors (Lipinski definition) is 2. The molecule has 12 heavy (non-hydrogen) atoms. The van der Waals surface area contributed by atoms with Crippen molar-refractivity contribution in [3.63, 3.8) is 0 Å². The summed E-state index contributed by atoms with van der Waals surface area (Å²) in [4.78, 5) is 0. The summed E-state index contributed by atoms with van der Waals surface area (Å²) in [5, 5.41) is 10.7. The fraction of sp³-hybridized carbons (Fsp3) is 0.625. The van der Waals surface area contributed by atoms with Crippen LogP contribution in [0.3, 0.4) is 0 Å². The third kappa shape index (κ3) is 3.43. The molecule has 0 bridgehead atoms. The molecule has 0 atom stereocenters. The highest BCUT2D eigenvalue weighted by molar-refractivity contribution is 14.1. The van der Waals surface area contributed by atoms with E-state index in [0.717, 1.165) is 20.6 Å². The maximum atomic E-state index is 7.40. The number of halogens is 2. The van der Waals surface area contributed by atoms with Gasteiger partial charge in [-0.2, -0.15) is 0 Å². The first-order valence-corrected chi connectivity index (χ1v) is 5.83. The van der Waals surface area contributed by atoms with Gasteiger partial charge in [0.2, 0.25) is 0 Å². The third-order valence-electron chi connectivity index (χ3n) is 1.76. The van der Waals surface area contributed by atoms with Gasteiger partial charge in [-0.05, 0) is 64.2 Å². The number of hydrogen-bond donors (Lipinski definition) is 2. The van der Waals surface area contributed by atoms with Crippen molar-refractivity contribution in [2.45, 2.75) is 19.8 Å². The van der Waals surface area contributed by atoms with Crippen LogP contribution in [0.15, 0.2) is 8.19 Å². The van der Waals surface area contributed by atoms with Crippen LogP contribution in [0, 0.1) is 11.3 Å². The predicted octanol–water partition coefficient (Wildman–Crippen LogP) is 3.02. The van der Waals surface area contributed by atoms with Gasteiger partial charge in [0.25, 0.3) is 0 Å². The van der Waals surface area contributed by atoms with Gasteiger partial charge in [-0.15, -0.1) is 0 Å². The maximum absolute atomic E-state index is 7.40. The molecular formula is C8H12BrIN2. The van der Waals surface area contributed by atoms with Crippen LogP contribution in [0.25, 0.3) is 0 Å². The molecule has 0 amide bonds. The van der Waals surface area contributed by atoms with Crippen LogP contribution in [0.4, 0.5) is 0 Å². The number of nitrogens with one attached hydrogen (secondary N) is 2. The van der Waals surface area contributed by atoms with Gasteiger partial charge in [-0.1, -0.05) is 0 Å².